The Labute approximate surface area is 159 Å². The Morgan fingerprint density at radius 1 is 1.27 bits per heavy atom. The third-order valence-electron chi connectivity index (χ3n) is 3.78. The third-order valence-corrected chi connectivity index (χ3v) is 6.34. The molecule has 6 nitrogen and oxygen atoms in total. The van der Waals surface area contributed by atoms with Crippen molar-refractivity contribution in [2.24, 2.45) is 0 Å². The van der Waals surface area contributed by atoms with Crippen molar-refractivity contribution < 1.29 is 22.3 Å². The zero-order chi connectivity index (χ0) is 18.1. The van der Waals surface area contributed by atoms with Crippen molar-refractivity contribution >= 4 is 32.8 Å². The Morgan fingerprint density at radius 3 is 2.96 bits per heavy atom. The van der Waals surface area contributed by atoms with Crippen molar-refractivity contribution in [3.05, 3.63) is 57.8 Å². The zero-order valence-electron chi connectivity index (χ0n) is 13.5. The highest BCUT2D eigenvalue weighted by Gasteiger charge is 2.23. The summed E-state index contributed by atoms with van der Waals surface area (Å²) in [4.78, 5) is 5.12. The fourth-order valence-corrected chi connectivity index (χ4v) is 5.06. The summed E-state index contributed by atoms with van der Waals surface area (Å²) >= 11 is 7.58. The Morgan fingerprint density at radius 2 is 2.15 bits per heavy atom. The largest absolute Gasteiger partial charge is 0.467 e. The van der Waals surface area contributed by atoms with Crippen LogP contribution in [0.3, 0.4) is 0 Å². The van der Waals surface area contributed by atoms with Crippen molar-refractivity contribution in [2.45, 2.75) is 18.1 Å². The molecule has 26 heavy (non-hydrogen) atoms. The second-order valence-corrected chi connectivity index (χ2v) is 9.27. The van der Waals surface area contributed by atoms with E-state index in [1.54, 1.807) is 12.1 Å². The van der Waals surface area contributed by atoms with Crippen LogP contribution in [0.25, 0.3) is 10.8 Å². The minimum atomic E-state index is -3.49. The van der Waals surface area contributed by atoms with Gasteiger partial charge in [-0.1, -0.05) is 17.7 Å². The maximum Gasteiger partial charge on any atom is 0.236 e. The predicted octanol–water partition coefficient (Wildman–Crippen LogP) is 4.04. The highest BCUT2D eigenvalue weighted by molar-refractivity contribution is 7.89. The molecule has 2 aromatic heterocycles. The number of nitrogens with zero attached hydrogens (tertiary/aromatic N) is 1. The van der Waals surface area contributed by atoms with Gasteiger partial charge in [-0.25, -0.2) is 13.4 Å². The lowest BCUT2D eigenvalue weighted by Crippen LogP contribution is -2.15. The first-order valence-corrected chi connectivity index (χ1v) is 10.8. The summed E-state index contributed by atoms with van der Waals surface area (Å²) in [6.07, 6.45) is 1.38. The Bertz CT molecular complexity index is 1030. The Hall–Kier alpha value is -1.87. The van der Waals surface area contributed by atoms with E-state index in [2.05, 4.69) is 4.98 Å². The average Bonchev–Trinajstić information content (AvgIpc) is 3.25. The van der Waals surface area contributed by atoms with Gasteiger partial charge in [-0.3, -0.25) is 0 Å². The van der Waals surface area contributed by atoms with Crippen LogP contribution < -0.4 is 4.74 Å². The average molecular weight is 412 g/mol. The van der Waals surface area contributed by atoms with Gasteiger partial charge in [0.2, 0.25) is 5.89 Å². The molecule has 1 aliphatic rings. The molecule has 0 fully saturated rings. The van der Waals surface area contributed by atoms with Crippen molar-refractivity contribution in [1.82, 2.24) is 4.98 Å². The molecule has 3 heterocycles. The fourth-order valence-electron chi connectivity index (χ4n) is 2.76. The maximum atomic E-state index is 12.7. The highest BCUT2D eigenvalue weighted by atomic mass is 35.5. The minimum absolute atomic E-state index is 0.0924. The number of hydrogen-bond acceptors (Lipinski definition) is 7. The van der Waals surface area contributed by atoms with Gasteiger partial charge in [-0.15, -0.1) is 11.3 Å². The number of oxazole rings is 1. The smallest absolute Gasteiger partial charge is 0.236 e. The molecule has 0 amide bonds. The summed E-state index contributed by atoms with van der Waals surface area (Å²) in [6, 6.07) is 7.08. The van der Waals surface area contributed by atoms with Gasteiger partial charge in [-0.05, 0) is 23.6 Å². The quantitative estimate of drug-likeness (QED) is 0.630. The van der Waals surface area contributed by atoms with Crippen LogP contribution in [0.5, 0.6) is 5.75 Å². The van der Waals surface area contributed by atoms with E-state index in [1.165, 1.54) is 17.6 Å². The second kappa shape index (κ2) is 7.03. The molecule has 0 N–H and O–H groups in total. The summed E-state index contributed by atoms with van der Waals surface area (Å²) in [6.45, 7) is 0.436. The summed E-state index contributed by atoms with van der Waals surface area (Å²) in [5.41, 5.74) is 1.64. The van der Waals surface area contributed by atoms with Crippen LogP contribution in [-0.4, -0.2) is 20.2 Å². The molecule has 0 bridgehead atoms. The number of benzene rings is 1. The first-order chi connectivity index (χ1) is 12.5. The third kappa shape index (κ3) is 3.78. The first-order valence-electron chi connectivity index (χ1n) is 7.71. The van der Waals surface area contributed by atoms with Crippen LogP contribution in [0.2, 0.25) is 5.02 Å². The second-order valence-electron chi connectivity index (χ2n) is 5.82. The zero-order valence-corrected chi connectivity index (χ0v) is 15.9. The highest BCUT2D eigenvalue weighted by Crippen LogP contribution is 2.33. The van der Waals surface area contributed by atoms with Crippen LogP contribution in [0, 0.1) is 0 Å². The van der Waals surface area contributed by atoms with E-state index in [-0.39, 0.29) is 18.3 Å². The summed E-state index contributed by atoms with van der Waals surface area (Å²) < 4.78 is 41.4. The molecular weight excluding hydrogens is 398 g/mol. The van der Waals surface area contributed by atoms with Crippen LogP contribution in [0.4, 0.5) is 0 Å². The van der Waals surface area contributed by atoms with Crippen molar-refractivity contribution in [3.63, 3.8) is 0 Å². The minimum Gasteiger partial charge on any atom is -0.467 e. The SMILES string of the molecule is O=S(=O)(Cc1coc(-c2cccs2)n1)Cc1cc(Cl)cc2c1OCOC2. The number of halogens is 1. The maximum absolute atomic E-state index is 12.7. The van der Waals surface area contributed by atoms with Crippen LogP contribution in [-0.2, 0) is 32.7 Å². The number of aromatic nitrogens is 1. The molecule has 9 heteroatoms. The topological polar surface area (TPSA) is 78.6 Å². The van der Waals surface area contributed by atoms with E-state index in [0.29, 0.717) is 34.5 Å². The Balaban J connectivity index is 1.56. The molecule has 0 saturated carbocycles. The van der Waals surface area contributed by atoms with Gasteiger partial charge < -0.3 is 13.9 Å². The van der Waals surface area contributed by atoms with Gasteiger partial charge in [-0.2, -0.15) is 0 Å². The van der Waals surface area contributed by atoms with E-state index >= 15 is 0 Å². The lowest BCUT2D eigenvalue weighted by atomic mass is 10.1. The van der Waals surface area contributed by atoms with Gasteiger partial charge in [0.05, 0.1) is 28.7 Å². The van der Waals surface area contributed by atoms with Crippen LogP contribution in [0.15, 0.2) is 40.3 Å². The van der Waals surface area contributed by atoms with E-state index < -0.39 is 9.84 Å². The molecular formula is C17H14ClNO5S2. The molecule has 0 atom stereocenters. The standard InChI is InChI=1S/C17H14ClNO5S2/c18-13-4-11-6-22-10-24-16(11)12(5-13)8-26(20,21)9-14-7-23-17(19-14)15-2-1-3-25-15/h1-5,7H,6,8-10H2. The molecule has 1 aliphatic heterocycles. The number of ether oxygens (including phenoxy) is 2. The normalized spacial score (nSPS) is 14.0. The van der Waals surface area contributed by atoms with Gasteiger partial charge >= 0.3 is 0 Å². The molecule has 0 saturated heterocycles. The fraction of sp³-hybridized carbons (Fsp3) is 0.235. The molecule has 4 rings (SSSR count). The van der Waals surface area contributed by atoms with Crippen LogP contribution >= 0.6 is 22.9 Å². The molecule has 136 valence electrons. The lowest BCUT2D eigenvalue weighted by Gasteiger charge is -2.21. The van der Waals surface area contributed by atoms with Gasteiger partial charge in [0.15, 0.2) is 16.6 Å². The van der Waals surface area contributed by atoms with Gasteiger partial charge in [0.1, 0.15) is 12.0 Å². The molecule has 3 aromatic rings. The van der Waals surface area contributed by atoms with Crippen LogP contribution in [0.1, 0.15) is 16.8 Å². The predicted molar refractivity (Wildman–Crippen MR) is 97.9 cm³/mol. The van der Waals surface area contributed by atoms with E-state index in [1.807, 2.05) is 17.5 Å². The first kappa shape index (κ1) is 17.5. The lowest BCUT2D eigenvalue weighted by molar-refractivity contribution is -0.0169. The summed E-state index contributed by atoms with van der Waals surface area (Å²) in [5.74, 6) is 0.533. The van der Waals surface area contributed by atoms with Crippen molar-refractivity contribution in [1.29, 1.82) is 0 Å². The van der Waals surface area contributed by atoms with E-state index in [4.69, 9.17) is 25.5 Å². The summed E-state index contributed by atoms with van der Waals surface area (Å²) in [5, 5.41) is 2.35. The van der Waals surface area contributed by atoms with Gasteiger partial charge in [0.25, 0.3) is 0 Å². The molecule has 0 spiro atoms. The molecule has 0 unspecified atom stereocenters. The number of hydrogen-bond donors (Lipinski definition) is 0. The Kier molecular flexibility index (Phi) is 4.74. The number of fused-ring (bicyclic) bond motifs is 1. The molecule has 0 radical (unpaired) electrons. The number of rotatable bonds is 5. The number of sulfone groups is 1. The monoisotopic (exact) mass is 411 g/mol. The number of thiophene rings is 1. The van der Waals surface area contributed by atoms with E-state index in [9.17, 15) is 8.42 Å². The van der Waals surface area contributed by atoms with E-state index in [0.717, 1.165) is 10.4 Å². The molecule has 1 aromatic carbocycles. The van der Waals surface area contributed by atoms with Crippen molar-refractivity contribution in [2.75, 3.05) is 6.79 Å². The molecule has 0 aliphatic carbocycles. The summed E-state index contributed by atoms with van der Waals surface area (Å²) in [7, 11) is -3.49. The van der Waals surface area contributed by atoms with Gasteiger partial charge in [0, 0.05) is 16.1 Å². The van der Waals surface area contributed by atoms with Crippen molar-refractivity contribution in [3.8, 4) is 16.5 Å².